The van der Waals surface area contributed by atoms with E-state index in [9.17, 15) is 9.59 Å². The van der Waals surface area contributed by atoms with Crippen molar-refractivity contribution in [1.82, 2.24) is 19.9 Å². The molecule has 0 radical (unpaired) electrons. The first-order valence-corrected chi connectivity index (χ1v) is 9.94. The number of benzene rings is 1. The van der Waals surface area contributed by atoms with Gasteiger partial charge < -0.3 is 10.3 Å². The fourth-order valence-electron chi connectivity index (χ4n) is 2.99. The van der Waals surface area contributed by atoms with Gasteiger partial charge in [-0.3, -0.25) is 14.2 Å². The monoisotopic (exact) mass is 384 g/mol. The van der Waals surface area contributed by atoms with E-state index in [4.69, 9.17) is 0 Å². The third-order valence-electron chi connectivity index (χ3n) is 4.31. The summed E-state index contributed by atoms with van der Waals surface area (Å²) in [7, 11) is 0. The standard InChI is InChI=1S/C20H24N4O2S/c1-12(2)24-19(26)18-16(10-13(3)21-18)23-20(24)27-11-17(25)22-14(4)15-8-6-5-7-9-15/h5-10,12,14,21H,11H2,1-4H3,(H,22,25). The Balaban J connectivity index is 1.77. The summed E-state index contributed by atoms with van der Waals surface area (Å²) < 4.78 is 1.64. The van der Waals surface area contributed by atoms with Gasteiger partial charge in [0.2, 0.25) is 5.91 Å². The molecule has 7 heteroatoms. The molecular formula is C20H24N4O2S. The van der Waals surface area contributed by atoms with Gasteiger partial charge in [-0.05, 0) is 39.3 Å². The Morgan fingerprint density at radius 3 is 2.63 bits per heavy atom. The number of aromatic nitrogens is 3. The predicted molar refractivity (Wildman–Crippen MR) is 109 cm³/mol. The summed E-state index contributed by atoms with van der Waals surface area (Å²) in [4.78, 5) is 32.8. The van der Waals surface area contributed by atoms with Crippen LogP contribution in [0.2, 0.25) is 0 Å². The topological polar surface area (TPSA) is 79.8 Å². The Hall–Kier alpha value is -2.54. The fraction of sp³-hybridized carbons (Fsp3) is 0.350. The number of carbonyl (C=O) groups excluding carboxylic acids is 1. The summed E-state index contributed by atoms with van der Waals surface area (Å²) in [5, 5.41) is 3.55. The molecule has 0 fully saturated rings. The summed E-state index contributed by atoms with van der Waals surface area (Å²) in [5.74, 6) is 0.108. The zero-order chi connectivity index (χ0) is 19.6. The summed E-state index contributed by atoms with van der Waals surface area (Å²) >= 11 is 1.28. The minimum atomic E-state index is -0.108. The summed E-state index contributed by atoms with van der Waals surface area (Å²) in [6, 6.07) is 11.5. The van der Waals surface area contributed by atoms with Crippen molar-refractivity contribution in [2.45, 2.75) is 44.9 Å². The largest absolute Gasteiger partial charge is 0.353 e. The maximum Gasteiger partial charge on any atom is 0.278 e. The number of rotatable bonds is 6. The average molecular weight is 385 g/mol. The minimum absolute atomic E-state index is 0.0493. The molecule has 0 aliphatic heterocycles. The maximum absolute atomic E-state index is 12.8. The van der Waals surface area contributed by atoms with Gasteiger partial charge in [-0.1, -0.05) is 42.1 Å². The van der Waals surface area contributed by atoms with Crippen molar-refractivity contribution in [2.24, 2.45) is 0 Å². The molecular weight excluding hydrogens is 360 g/mol. The van der Waals surface area contributed by atoms with Crippen LogP contribution in [0.5, 0.6) is 0 Å². The number of aryl methyl sites for hydroxylation is 1. The molecule has 0 aliphatic rings. The van der Waals surface area contributed by atoms with E-state index in [0.717, 1.165) is 11.3 Å². The van der Waals surface area contributed by atoms with Crippen molar-refractivity contribution in [1.29, 1.82) is 0 Å². The molecule has 0 saturated carbocycles. The molecule has 6 nitrogen and oxygen atoms in total. The number of carbonyl (C=O) groups is 1. The van der Waals surface area contributed by atoms with Crippen molar-refractivity contribution in [3.63, 3.8) is 0 Å². The van der Waals surface area contributed by atoms with Crippen molar-refractivity contribution in [3.8, 4) is 0 Å². The summed E-state index contributed by atoms with van der Waals surface area (Å²) in [6.07, 6.45) is 0. The summed E-state index contributed by atoms with van der Waals surface area (Å²) in [5.41, 5.74) is 2.98. The molecule has 1 unspecified atom stereocenters. The minimum Gasteiger partial charge on any atom is -0.353 e. The van der Waals surface area contributed by atoms with E-state index >= 15 is 0 Å². The lowest BCUT2D eigenvalue weighted by atomic mass is 10.1. The highest BCUT2D eigenvalue weighted by Crippen LogP contribution is 2.21. The first-order chi connectivity index (χ1) is 12.9. The van der Waals surface area contributed by atoms with Gasteiger partial charge in [0.05, 0.1) is 17.3 Å². The number of nitrogens with one attached hydrogen (secondary N) is 2. The number of hydrogen-bond acceptors (Lipinski definition) is 4. The lowest BCUT2D eigenvalue weighted by Crippen LogP contribution is -2.29. The Morgan fingerprint density at radius 1 is 1.26 bits per heavy atom. The first kappa shape index (κ1) is 19.2. The van der Waals surface area contributed by atoms with Gasteiger partial charge in [0, 0.05) is 11.7 Å². The molecule has 0 bridgehead atoms. The number of nitrogens with zero attached hydrogens (tertiary/aromatic N) is 2. The Bertz CT molecular complexity index is 1010. The highest BCUT2D eigenvalue weighted by Gasteiger charge is 2.17. The molecule has 0 spiro atoms. The van der Waals surface area contributed by atoms with E-state index in [1.54, 1.807) is 4.57 Å². The molecule has 27 heavy (non-hydrogen) atoms. The van der Waals surface area contributed by atoms with E-state index < -0.39 is 0 Å². The van der Waals surface area contributed by atoms with Crippen LogP contribution < -0.4 is 10.9 Å². The molecule has 1 atom stereocenters. The third kappa shape index (κ3) is 4.24. The van der Waals surface area contributed by atoms with Crippen LogP contribution in [-0.2, 0) is 4.79 Å². The second-order valence-electron chi connectivity index (χ2n) is 6.86. The van der Waals surface area contributed by atoms with Crippen molar-refractivity contribution < 1.29 is 4.79 Å². The van der Waals surface area contributed by atoms with Gasteiger partial charge in [0.1, 0.15) is 5.52 Å². The van der Waals surface area contributed by atoms with Gasteiger partial charge in [-0.15, -0.1) is 0 Å². The molecule has 0 aliphatic carbocycles. The number of hydrogen-bond donors (Lipinski definition) is 2. The van der Waals surface area contributed by atoms with Crippen molar-refractivity contribution >= 4 is 28.7 Å². The van der Waals surface area contributed by atoms with E-state index in [0.29, 0.717) is 16.2 Å². The molecule has 2 heterocycles. The van der Waals surface area contributed by atoms with Crippen LogP contribution in [0, 0.1) is 6.92 Å². The van der Waals surface area contributed by atoms with Crippen LogP contribution in [0.3, 0.4) is 0 Å². The second kappa shape index (κ2) is 8.00. The quantitative estimate of drug-likeness (QED) is 0.503. The number of aromatic amines is 1. The van der Waals surface area contributed by atoms with Gasteiger partial charge in [-0.2, -0.15) is 0 Å². The summed E-state index contributed by atoms with van der Waals surface area (Å²) in [6.45, 7) is 7.72. The highest BCUT2D eigenvalue weighted by molar-refractivity contribution is 7.99. The van der Waals surface area contributed by atoms with Crippen molar-refractivity contribution in [2.75, 3.05) is 5.75 Å². The van der Waals surface area contributed by atoms with Crippen LogP contribution in [0.25, 0.3) is 11.0 Å². The molecule has 1 aromatic carbocycles. The van der Waals surface area contributed by atoms with Crippen molar-refractivity contribution in [3.05, 3.63) is 58.0 Å². The second-order valence-corrected chi connectivity index (χ2v) is 7.81. The zero-order valence-electron chi connectivity index (χ0n) is 15.9. The molecule has 142 valence electrons. The lowest BCUT2D eigenvalue weighted by Gasteiger charge is -2.16. The molecule has 3 rings (SSSR count). The zero-order valence-corrected chi connectivity index (χ0v) is 16.8. The normalized spacial score (nSPS) is 12.5. The molecule has 2 aromatic heterocycles. The average Bonchev–Trinajstić information content (AvgIpc) is 3.01. The van der Waals surface area contributed by atoms with Crippen LogP contribution in [0.15, 0.2) is 46.3 Å². The molecule has 0 saturated heterocycles. The van der Waals surface area contributed by atoms with Crippen LogP contribution in [-0.4, -0.2) is 26.2 Å². The predicted octanol–water partition coefficient (Wildman–Crippen LogP) is 3.58. The highest BCUT2D eigenvalue weighted by atomic mass is 32.2. The molecule has 1 amide bonds. The Morgan fingerprint density at radius 2 is 1.96 bits per heavy atom. The van der Waals surface area contributed by atoms with E-state index in [1.165, 1.54) is 11.8 Å². The van der Waals surface area contributed by atoms with E-state index in [-0.39, 0.29) is 29.3 Å². The number of amides is 1. The molecule has 3 aromatic rings. The van der Waals surface area contributed by atoms with Gasteiger partial charge in [0.15, 0.2) is 5.16 Å². The Kier molecular flexibility index (Phi) is 5.70. The first-order valence-electron chi connectivity index (χ1n) is 8.95. The number of thioether (sulfide) groups is 1. The number of H-pyrrole nitrogens is 1. The van der Waals surface area contributed by atoms with Crippen LogP contribution in [0.1, 0.15) is 44.1 Å². The third-order valence-corrected chi connectivity index (χ3v) is 5.26. The maximum atomic E-state index is 12.8. The van der Waals surface area contributed by atoms with Crippen LogP contribution >= 0.6 is 11.8 Å². The lowest BCUT2D eigenvalue weighted by molar-refractivity contribution is -0.119. The van der Waals surface area contributed by atoms with E-state index in [1.807, 2.05) is 64.1 Å². The Labute approximate surface area is 162 Å². The molecule has 2 N–H and O–H groups in total. The smallest absolute Gasteiger partial charge is 0.278 e. The van der Waals surface area contributed by atoms with Gasteiger partial charge in [-0.25, -0.2) is 4.98 Å². The number of fused-ring (bicyclic) bond motifs is 1. The SMILES string of the molecule is Cc1cc2nc(SCC(=O)NC(C)c3ccccc3)n(C(C)C)c(=O)c2[nH]1. The fourth-order valence-corrected chi connectivity index (χ4v) is 3.92. The van der Waals surface area contributed by atoms with Gasteiger partial charge >= 0.3 is 0 Å². The van der Waals surface area contributed by atoms with Gasteiger partial charge in [0.25, 0.3) is 5.56 Å². The van der Waals surface area contributed by atoms with Crippen LogP contribution in [0.4, 0.5) is 0 Å². The van der Waals surface area contributed by atoms with E-state index in [2.05, 4.69) is 15.3 Å².